The van der Waals surface area contributed by atoms with Gasteiger partial charge >= 0.3 is 0 Å². The minimum absolute atomic E-state index is 0.124. The molecular formula is C13H21N3O3. The summed E-state index contributed by atoms with van der Waals surface area (Å²) in [5.74, 6) is 0.124. The van der Waals surface area contributed by atoms with Crippen molar-refractivity contribution in [1.29, 1.82) is 0 Å². The van der Waals surface area contributed by atoms with Crippen molar-refractivity contribution in [3.8, 4) is 0 Å². The van der Waals surface area contributed by atoms with Crippen LogP contribution in [0.4, 0.5) is 0 Å². The number of β-amino-alcohol motifs (C(OH)–C–C–N with tert-alkyl or cyclic N) is 1. The predicted molar refractivity (Wildman–Crippen MR) is 69.7 cm³/mol. The van der Waals surface area contributed by atoms with Crippen molar-refractivity contribution in [3.05, 3.63) is 0 Å². The van der Waals surface area contributed by atoms with Crippen LogP contribution in [0.2, 0.25) is 0 Å². The van der Waals surface area contributed by atoms with Gasteiger partial charge in [0.15, 0.2) is 0 Å². The topological polar surface area (TPSA) is 74.2 Å². The van der Waals surface area contributed by atoms with E-state index in [9.17, 15) is 9.90 Å². The molecule has 2 fully saturated rings. The highest BCUT2D eigenvalue weighted by Gasteiger charge is 2.45. The van der Waals surface area contributed by atoms with Crippen LogP contribution >= 0.6 is 0 Å². The molecule has 3 aliphatic rings. The maximum atomic E-state index is 12.1. The molecule has 0 aromatic carbocycles. The summed E-state index contributed by atoms with van der Waals surface area (Å²) in [6, 6.07) is 0. The van der Waals surface area contributed by atoms with Crippen molar-refractivity contribution in [2.24, 2.45) is 10.6 Å². The molecular weight excluding hydrogens is 246 g/mol. The molecule has 0 saturated carbocycles. The maximum absolute atomic E-state index is 12.1. The van der Waals surface area contributed by atoms with E-state index >= 15 is 0 Å². The SMILES string of the molecule is O=C1NCC(O)CC12CCN(CC1=NOCC1)CC2. The van der Waals surface area contributed by atoms with Gasteiger partial charge in [-0.1, -0.05) is 5.16 Å². The molecule has 6 nitrogen and oxygen atoms in total. The lowest BCUT2D eigenvalue weighted by molar-refractivity contribution is -0.140. The molecule has 2 N–H and O–H groups in total. The van der Waals surface area contributed by atoms with Gasteiger partial charge in [-0.15, -0.1) is 0 Å². The summed E-state index contributed by atoms with van der Waals surface area (Å²) < 4.78 is 0. The molecule has 3 rings (SSSR count). The van der Waals surface area contributed by atoms with E-state index in [1.165, 1.54) is 0 Å². The van der Waals surface area contributed by atoms with Gasteiger partial charge in [0.05, 0.1) is 17.2 Å². The van der Waals surface area contributed by atoms with Crippen molar-refractivity contribution in [2.45, 2.75) is 31.8 Å². The number of aliphatic hydroxyl groups excluding tert-OH is 1. The average molecular weight is 267 g/mol. The molecule has 0 bridgehead atoms. The molecule has 0 aliphatic carbocycles. The van der Waals surface area contributed by atoms with Crippen LogP contribution < -0.4 is 5.32 Å². The highest BCUT2D eigenvalue weighted by molar-refractivity contribution is 5.87. The molecule has 0 radical (unpaired) electrons. The normalized spacial score (nSPS) is 30.9. The first kappa shape index (κ1) is 12.9. The number of hydrogen-bond acceptors (Lipinski definition) is 5. The molecule has 2 saturated heterocycles. The lowest BCUT2D eigenvalue weighted by Gasteiger charge is -2.44. The smallest absolute Gasteiger partial charge is 0.226 e. The van der Waals surface area contributed by atoms with Gasteiger partial charge in [-0.05, 0) is 32.4 Å². The fourth-order valence-electron chi connectivity index (χ4n) is 3.30. The fourth-order valence-corrected chi connectivity index (χ4v) is 3.30. The molecule has 0 aromatic heterocycles. The van der Waals surface area contributed by atoms with Gasteiger partial charge in [0.25, 0.3) is 0 Å². The van der Waals surface area contributed by atoms with E-state index < -0.39 is 6.10 Å². The van der Waals surface area contributed by atoms with E-state index in [-0.39, 0.29) is 11.3 Å². The van der Waals surface area contributed by atoms with E-state index in [1.807, 2.05) is 0 Å². The Kier molecular flexibility index (Phi) is 3.45. The molecule has 106 valence electrons. The third-order valence-electron chi connectivity index (χ3n) is 4.50. The van der Waals surface area contributed by atoms with Gasteiger partial charge in [0, 0.05) is 19.5 Å². The summed E-state index contributed by atoms with van der Waals surface area (Å²) in [6.07, 6.45) is 2.78. The molecule has 6 heteroatoms. The molecule has 1 atom stereocenters. The Labute approximate surface area is 112 Å². The Morgan fingerprint density at radius 1 is 1.47 bits per heavy atom. The predicted octanol–water partition coefficient (Wildman–Crippen LogP) is -0.274. The van der Waals surface area contributed by atoms with E-state index in [0.29, 0.717) is 19.6 Å². The average Bonchev–Trinajstić information content (AvgIpc) is 2.90. The quantitative estimate of drug-likeness (QED) is 0.722. The Bertz CT molecular complexity index is 389. The molecule has 1 unspecified atom stereocenters. The van der Waals surface area contributed by atoms with E-state index in [1.54, 1.807) is 0 Å². The lowest BCUT2D eigenvalue weighted by atomic mass is 9.71. The zero-order valence-electron chi connectivity index (χ0n) is 11.1. The summed E-state index contributed by atoms with van der Waals surface area (Å²) in [5, 5.41) is 16.6. The standard InChI is InChI=1S/C13H21N3O3/c17-11-7-13(12(18)14-8-11)2-4-16(5-3-13)9-10-1-6-19-15-10/h11,17H,1-9H2,(H,14,18). The number of nitrogens with one attached hydrogen (secondary N) is 1. The number of aliphatic hydroxyl groups is 1. The maximum Gasteiger partial charge on any atom is 0.226 e. The van der Waals surface area contributed by atoms with Gasteiger partial charge in [-0.2, -0.15) is 0 Å². The third kappa shape index (κ3) is 2.60. The Hall–Kier alpha value is -1.14. The number of rotatable bonds is 2. The summed E-state index contributed by atoms with van der Waals surface area (Å²) >= 11 is 0. The van der Waals surface area contributed by atoms with Gasteiger partial charge in [0.1, 0.15) is 6.61 Å². The van der Waals surface area contributed by atoms with Crippen molar-refractivity contribution >= 4 is 11.6 Å². The Morgan fingerprint density at radius 2 is 2.26 bits per heavy atom. The first-order valence-electron chi connectivity index (χ1n) is 7.04. The van der Waals surface area contributed by atoms with Crippen LogP contribution in [0.1, 0.15) is 25.7 Å². The monoisotopic (exact) mass is 267 g/mol. The second kappa shape index (κ2) is 5.09. The summed E-state index contributed by atoms with van der Waals surface area (Å²) in [4.78, 5) is 19.4. The Balaban J connectivity index is 1.57. The van der Waals surface area contributed by atoms with Crippen molar-refractivity contribution in [3.63, 3.8) is 0 Å². The van der Waals surface area contributed by atoms with E-state index in [4.69, 9.17) is 4.84 Å². The van der Waals surface area contributed by atoms with Crippen LogP contribution in [-0.2, 0) is 9.63 Å². The summed E-state index contributed by atoms with van der Waals surface area (Å²) in [6.45, 7) is 3.72. The molecule has 0 aromatic rings. The summed E-state index contributed by atoms with van der Waals surface area (Å²) in [5.41, 5.74) is 0.756. The molecule has 19 heavy (non-hydrogen) atoms. The van der Waals surface area contributed by atoms with Crippen molar-refractivity contribution < 1.29 is 14.7 Å². The van der Waals surface area contributed by atoms with Gasteiger partial charge in [-0.25, -0.2) is 0 Å². The number of piperidine rings is 2. The van der Waals surface area contributed by atoms with Gasteiger partial charge in [-0.3, -0.25) is 9.69 Å². The van der Waals surface area contributed by atoms with Gasteiger partial charge in [0.2, 0.25) is 5.91 Å². The first-order chi connectivity index (χ1) is 9.18. The fraction of sp³-hybridized carbons (Fsp3) is 0.846. The Morgan fingerprint density at radius 3 is 2.95 bits per heavy atom. The lowest BCUT2D eigenvalue weighted by Crippen LogP contribution is -2.56. The minimum atomic E-state index is -0.392. The number of carbonyl (C=O) groups excluding carboxylic acids is 1. The van der Waals surface area contributed by atoms with Crippen LogP contribution in [0.15, 0.2) is 5.16 Å². The molecule has 1 amide bonds. The largest absolute Gasteiger partial charge is 0.395 e. The first-order valence-corrected chi connectivity index (χ1v) is 7.04. The van der Waals surface area contributed by atoms with Crippen LogP contribution in [0.3, 0.4) is 0 Å². The molecule has 3 aliphatic heterocycles. The number of amides is 1. The summed E-state index contributed by atoms with van der Waals surface area (Å²) in [7, 11) is 0. The third-order valence-corrected chi connectivity index (χ3v) is 4.50. The van der Waals surface area contributed by atoms with Crippen LogP contribution in [0.25, 0.3) is 0 Å². The second-order valence-electron chi connectivity index (χ2n) is 5.87. The zero-order valence-corrected chi connectivity index (χ0v) is 11.1. The number of nitrogens with zero attached hydrogens (tertiary/aromatic N) is 2. The number of oxime groups is 1. The number of hydrogen-bond donors (Lipinski definition) is 2. The highest BCUT2D eigenvalue weighted by atomic mass is 16.6. The molecule has 1 spiro atoms. The van der Waals surface area contributed by atoms with Gasteiger partial charge < -0.3 is 15.3 Å². The van der Waals surface area contributed by atoms with E-state index in [0.717, 1.165) is 44.6 Å². The second-order valence-corrected chi connectivity index (χ2v) is 5.87. The minimum Gasteiger partial charge on any atom is -0.395 e. The van der Waals surface area contributed by atoms with Crippen LogP contribution in [0, 0.1) is 5.41 Å². The number of likely N-dealkylation sites (tertiary alicyclic amines) is 1. The van der Waals surface area contributed by atoms with Crippen molar-refractivity contribution in [1.82, 2.24) is 10.2 Å². The number of carbonyl (C=O) groups is 1. The van der Waals surface area contributed by atoms with Crippen LogP contribution in [-0.4, -0.2) is 60.5 Å². The van der Waals surface area contributed by atoms with E-state index in [2.05, 4.69) is 15.4 Å². The van der Waals surface area contributed by atoms with Crippen molar-refractivity contribution in [2.75, 3.05) is 32.8 Å². The van der Waals surface area contributed by atoms with Crippen LogP contribution in [0.5, 0.6) is 0 Å². The highest BCUT2D eigenvalue weighted by Crippen LogP contribution is 2.38. The zero-order chi connectivity index (χ0) is 13.3. The molecule has 3 heterocycles.